The van der Waals surface area contributed by atoms with Crippen LogP contribution in [0.2, 0.25) is 5.02 Å². The van der Waals surface area contributed by atoms with Gasteiger partial charge in [-0.05, 0) is 30.9 Å². The van der Waals surface area contributed by atoms with Gasteiger partial charge in [0.15, 0.2) is 5.96 Å². The molecule has 0 saturated carbocycles. The van der Waals surface area contributed by atoms with Gasteiger partial charge in [0.05, 0.1) is 6.04 Å². The van der Waals surface area contributed by atoms with E-state index in [-0.39, 0.29) is 6.04 Å². The Labute approximate surface area is 125 Å². The number of nitrogens with one attached hydrogen (secondary N) is 2. The van der Waals surface area contributed by atoms with Gasteiger partial charge in [-0.25, -0.2) is 0 Å². The van der Waals surface area contributed by atoms with Crippen LogP contribution in [-0.4, -0.2) is 31.1 Å². The Bertz CT molecular complexity index is 423. The van der Waals surface area contributed by atoms with Crippen LogP contribution in [-0.2, 0) is 0 Å². The van der Waals surface area contributed by atoms with Gasteiger partial charge in [0.25, 0.3) is 0 Å². The second-order valence-corrected chi connectivity index (χ2v) is 6.13. The molecule has 1 rings (SSSR count). The molecule has 0 heterocycles. The maximum atomic E-state index is 6.00. The fourth-order valence-electron chi connectivity index (χ4n) is 1.58. The van der Waals surface area contributed by atoms with E-state index in [1.807, 2.05) is 30.0 Å². The molecular formula is C14H22ClN3S. The van der Waals surface area contributed by atoms with Crippen LogP contribution in [0.3, 0.4) is 0 Å². The highest BCUT2D eigenvalue weighted by atomic mass is 35.5. The zero-order valence-electron chi connectivity index (χ0n) is 11.9. The van der Waals surface area contributed by atoms with Crippen molar-refractivity contribution in [3.63, 3.8) is 0 Å². The number of benzene rings is 1. The molecule has 0 bridgehead atoms. The molecule has 2 unspecified atom stereocenters. The van der Waals surface area contributed by atoms with Crippen molar-refractivity contribution in [3.8, 4) is 0 Å². The Balaban J connectivity index is 2.56. The van der Waals surface area contributed by atoms with E-state index in [0.29, 0.717) is 5.25 Å². The average molecular weight is 300 g/mol. The third-order valence-electron chi connectivity index (χ3n) is 2.88. The predicted octanol–water partition coefficient (Wildman–Crippen LogP) is 3.32. The minimum Gasteiger partial charge on any atom is -0.355 e. The molecule has 1 aromatic rings. The largest absolute Gasteiger partial charge is 0.355 e. The summed E-state index contributed by atoms with van der Waals surface area (Å²) in [6.45, 7) is 5.17. The molecule has 1 aromatic carbocycles. The molecule has 0 radical (unpaired) electrons. The van der Waals surface area contributed by atoms with E-state index >= 15 is 0 Å². The Morgan fingerprint density at radius 3 is 2.74 bits per heavy atom. The quantitative estimate of drug-likeness (QED) is 0.647. The smallest absolute Gasteiger partial charge is 0.191 e. The van der Waals surface area contributed by atoms with E-state index in [1.54, 1.807) is 7.05 Å². The Morgan fingerprint density at radius 2 is 2.16 bits per heavy atom. The van der Waals surface area contributed by atoms with Crippen LogP contribution in [0.5, 0.6) is 0 Å². The molecule has 0 aliphatic rings. The van der Waals surface area contributed by atoms with Gasteiger partial charge in [0.1, 0.15) is 0 Å². The fraction of sp³-hybridized carbons (Fsp3) is 0.500. The number of thioether (sulfide) groups is 1. The summed E-state index contributed by atoms with van der Waals surface area (Å²) in [5.74, 6) is 0.813. The van der Waals surface area contributed by atoms with E-state index in [9.17, 15) is 0 Å². The zero-order chi connectivity index (χ0) is 14.3. The van der Waals surface area contributed by atoms with Crippen LogP contribution in [0, 0.1) is 0 Å². The number of rotatable bonds is 5. The molecular weight excluding hydrogens is 278 g/mol. The van der Waals surface area contributed by atoms with Gasteiger partial charge in [0, 0.05) is 23.9 Å². The first-order valence-corrected chi connectivity index (χ1v) is 7.98. The highest BCUT2D eigenvalue weighted by molar-refractivity contribution is 7.99. The lowest BCUT2D eigenvalue weighted by Crippen LogP contribution is -2.41. The molecule has 0 saturated heterocycles. The molecule has 0 spiro atoms. The first-order valence-electron chi connectivity index (χ1n) is 6.32. The van der Waals surface area contributed by atoms with Crippen molar-refractivity contribution >= 4 is 29.3 Å². The van der Waals surface area contributed by atoms with Gasteiger partial charge in [-0.2, -0.15) is 11.8 Å². The summed E-state index contributed by atoms with van der Waals surface area (Å²) < 4.78 is 0. The van der Waals surface area contributed by atoms with Crippen molar-refractivity contribution in [3.05, 3.63) is 34.9 Å². The Hall–Kier alpha value is -0.870. The molecule has 3 nitrogen and oxygen atoms in total. The lowest BCUT2D eigenvalue weighted by Gasteiger charge is -2.19. The molecule has 19 heavy (non-hydrogen) atoms. The van der Waals surface area contributed by atoms with E-state index in [4.69, 9.17) is 11.6 Å². The minimum atomic E-state index is 0.162. The van der Waals surface area contributed by atoms with Crippen molar-refractivity contribution in [2.75, 3.05) is 19.8 Å². The highest BCUT2D eigenvalue weighted by Crippen LogP contribution is 2.17. The second-order valence-electron chi connectivity index (χ2n) is 4.42. The van der Waals surface area contributed by atoms with E-state index in [0.717, 1.165) is 23.1 Å². The van der Waals surface area contributed by atoms with Gasteiger partial charge < -0.3 is 10.6 Å². The maximum Gasteiger partial charge on any atom is 0.191 e. The molecule has 0 amide bonds. The Kier molecular flexibility index (Phi) is 7.10. The molecule has 5 heteroatoms. The second kappa shape index (κ2) is 8.33. The molecule has 0 aliphatic heterocycles. The predicted molar refractivity (Wildman–Crippen MR) is 87.3 cm³/mol. The molecule has 106 valence electrons. The molecule has 0 aromatic heterocycles. The summed E-state index contributed by atoms with van der Waals surface area (Å²) in [6.07, 6.45) is 2.11. The van der Waals surface area contributed by atoms with E-state index in [1.165, 1.54) is 0 Å². The number of hydrogen-bond acceptors (Lipinski definition) is 2. The van der Waals surface area contributed by atoms with Crippen LogP contribution in [0.1, 0.15) is 25.5 Å². The summed E-state index contributed by atoms with van der Waals surface area (Å²) in [4.78, 5) is 4.23. The Morgan fingerprint density at radius 1 is 1.42 bits per heavy atom. The lowest BCUT2D eigenvalue weighted by atomic mass is 10.1. The monoisotopic (exact) mass is 299 g/mol. The van der Waals surface area contributed by atoms with Crippen molar-refractivity contribution in [1.29, 1.82) is 0 Å². The molecule has 0 aliphatic carbocycles. The topological polar surface area (TPSA) is 36.4 Å². The van der Waals surface area contributed by atoms with Crippen molar-refractivity contribution in [2.24, 2.45) is 4.99 Å². The number of halogens is 1. The molecule has 2 atom stereocenters. The molecule has 2 N–H and O–H groups in total. The SMILES string of the molecule is CN=C(NCC(C)SC)NC(C)c1cccc(Cl)c1. The number of guanidine groups is 1. The fourth-order valence-corrected chi connectivity index (χ4v) is 2.03. The van der Waals surface area contributed by atoms with Crippen LogP contribution >= 0.6 is 23.4 Å². The summed E-state index contributed by atoms with van der Waals surface area (Å²) in [6, 6.07) is 8.03. The van der Waals surface area contributed by atoms with E-state index < -0.39 is 0 Å². The number of nitrogens with zero attached hydrogens (tertiary/aromatic N) is 1. The third-order valence-corrected chi connectivity index (χ3v) is 4.09. The van der Waals surface area contributed by atoms with Gasteiger partial charge in [0.2, 0.25) is 0 Å². The average Bonchev–Trinajstić information content (AvgIpc) is 2.42. The van der Waals surface area contributed by atoms with Crippen LogP contribution in [0.25, 0.3) is 0 Å². The van der Waals surface area contributed by atoms with Crippen LogP contribution < -0.4 is 10.6 Å². The molecule has 0 fully saturated rings. The number of hydrogen-bond donors (Lipinski definition) is 2. The van der Waals surface area contributed by atoms with Crippen molar-refractivity contribution in [1.82, 2.24) is 10.6 Å². The summed E-state index contributed by atoms with van der Waals surface area (Å²) >= 11 is 7.84. The zero-order valence-corrected chi connectivity index (χ0v) is 13.5. The van der Waals surface area contributed by atoms with Crippen molar-refractivity contribution < 1.29 is 0 Å². The minimum absolute atomic E-state index is 0.162. The summed E-state index contributed by atoms with van der Waals surface area (Å²) in [5, 5.41) is 7.99. The lowest BCUT2D eigenvalue weighted by molar-refractivity contribution is 0.684. The summed E-state index contributed by atoms with van der Waals surface area (Å²) in [7, 11) is 1.78. The maximum absolute atomic E-state index is 6.00. The third kappa shape index (κ3) is 5.74. The number of aliphatic imine (C=N–C) groups is 1. The van der Waals surface area contributed by atoms with Gasteiger partial charge in [-0.15, -0.1) is 0 Å². The standard InChI is InChI=1S/C14H22ClN3S/c1-10(19-4)9-17-14(16-3)18-11(2)12-6-5-7-13(15)8-12/h5-8,10-11H,9H2,1-4H3,(H2,16,17,18). The normalized spacial score (nSPS) is 14.9. The van der Waals surface area contributed by atoms with Crippen molar-refractivity contribution in [2.45, 2.75) is 25.1 Å². The first kappa shape index (κ1) is 16.2. The van der Waals surface area contributed by atoms with E-state index in [2.05, 4.69) is 41.8 Å². The van der Waals surface area contributed by atoms with Gasteiger partial charge >= 0.3 is 0 Å². The van der Waals surface area contributed by atoms with Gasteiger partial charge in [-0.3, -0.25) is 4.99 Å². The van der Waals surface area contributed by atoms with Crippen LogP contribution in [0.15, 0.2) is 29.3 Å². The highest BCUT2D eigenvalue weighted by Gasteiger charge is 2.08. The first-order chi connectivity index (χ1) is 9.06. The van der Waals surface area contributed by atoms with Crippen LogP contribution in [0.4, 0.5) is 0 Å². The van der Waals surface area contributed by atoms with Gasteiger partial charge in [-0.1, -0.05) is 30.7 Å². The summed E-state index contributed by atoms with van der Waals surface area (Å²) in [5.41, 5.74) is 1.15.